The molecule has 0 aliphatic rings. The average Bonchev–Trinajstić information content (AvgIpc) is 2.73. The van der Waals surface area contributed by atoms with Crippen LogP contribution in [0.2, 0.25) is 5.02 Å². The zero-order chi connectivity index (χ0) is 20.2. The monoisotopic (exact) mass is 529 g/mol. The van der Waals surface area contributed by atoms with Crippen molar-refractivity contribution in [3.8, 4) is 5.75 Å². The van der Waals surface area contributed by atoms with E-state index in [4.69, 9.17) is 16.3 Å². The number of halogens is 3. The maximum Gasteiger partial charge on any atom is 0.148 e. The van der Waals surface area contributed by atoms with Gasteiger partial charge in [-0.25, -0.2) is 0 Å². The number of nitrogens with one attached hydrogen (secondary N) is 1. The van der Waals surface area contributed by atoms with E-state index in [1.165, 1.54) is 10.8 Å². The minimum Gasteiger partial charge on any atom is -0.487 e. The van der Waals surface area contributed by atoms with E-state index in [1.807, 2.05) is 24.3 Å². The maximum absolute atomic E-state index is 6.16. The summed E-state index contributed by atoms with van der Waals surface area (Å²) in [6.07, 6.45) is 0. The van der Waals surface area contributed by atoms with E-state index < -0.39 is 0 Å². The summed E-state index contributed by atoms with van der Waals surface area (Å²) in [4.78, 5) is 0. The Morgan fingerprint density at radius 3 is 2.28 bits per heavy atom. The molecular weight excluding hydrogens is 514 g/mol. The van der Waals surface area contributed by atoms with Gasteiger partial charge in [0.2, 0.25) is 0 Å². The van der Waals surface area contributed by atoms with Crippen LogP contribution in [-0.4, -0.2) is 0 Å². The number of hydrogen-bond donors (Lipinski definition) is 1. The summed E-state index contributed by atoms with van der Waals surface area (Å²) < 4.78 is 8.00. The van der Waals surface area contributed by atoms with Gasteiger partial charge >= 0.3 is 0 Å². The van der Waals surface area contributed by atoms with E-state index in [2.05, 4.69) is 91.8 Å². The highest BCUT2D eigenvalue weighted by atomic mass is 79.9. The van der Waals surface area contributed by atoms with Crippen LogP contribution in [0.15, 0.2) is 87.8 Å². The Hall–Kier alpha value is -2.01. The summed E-state index contributed by atoms with van der Waals surface area (Å²) in [6, 6.07) is 26.5. The van der Waals surface area contributed by atoms with Crippen LogP contribution in [-0.2, 0) is 13.2 Å². The van der Waals surface area contributed by atoms with Crippen LogP contribution in [0, 0.1) is 0 Å². The predicted molar refractivity (Wildman–Crippen MR) is 129 cm³/mol. The highest BCUT2D eigenvalue weighted by molar-refractivity contribution is 9.11. The Morgan fingerprint density at radius 1 is 0.828 bits per heavy atom. The Balaban J connectivity index is 1.47. The molecule has 29 heavy (non-hydrogen) atoms. The van der Waals surface area contributed by atoms with E-state index in [1.54, 1.807) is 0 Å². The second kappa shape index (κ2) is 9.21. The van der Waals surface area contributed by atoms with E-state index in [-0.39, 0.29) is 0 Å². The van der Waals surface area contributed by atoms with E-state index in [0.717, 1.165) is 36.5 Å². The number of rotatable bonds is 6. The van der Waals surface area contributed by atoms with Gasteiger partial charge < -0.3 is 10.1 Å². The smallest absolute Gasteiger partial charge is 0.148 e. The lowest BCUT2D eigenvalue weighted by Crippen LogP contribution is -2.02. The van der Waals surface area contributed by atoms with Gasteiger partial charge in [0.1, 0.15) is 12.4 Å². The van der Waals surface area contributed by atoms with Crippen molar-refractivity contribution in [3.63, 3.8) is 0 Å². The Labute approximate surface area is 192 Å². The minimum atomic E-state index is 0.501. The van der Waals surface area contributed by atoms with E-state index in [9.17, 15) is 0 Å². The van der Waals surface area contributed by atoms with Gasteiger partial charge in [-0.3, -0.25) is 0 Å². The SMILES string of the molecule is Clc1ccc(NCc2cc(Br)c(OCc3cccc4ccccc34)c(Br)c2)cc1. The first-order valence-electron chi connectivity index (χ1n) is 9.17. The molecule has 2 nitrogen and oxygen atoms in total. The Kier molecular flexibility index (Phi) is 6.43. The summed E-state index contributed by atoms with van der Waals surface area (Å²) in [6.45, 7) is 1.20. The fourth-order valence-electron chi connectivity index (χ4n) is 3.19. The van der Waals surface area contributed by atoms with E-state index in [0.29, 0.717) is 13.2 Å². The average molecular weight is 532 g/mol. The standard InChI is InChI=1S/C24H18Br2ClNO/c25-22-12-16(14-28-20-10-8-19(27)9-11-20)13-23(26)24(22)29-15-18-6-3-5-17-4-1-2-7-21(17)18/h1-13,28H,14-15H2. The third-order valence-electron chi connectivity index (χ3n) is 4.65. The summed E-state index contributed by atoms with van der Waals surface area (Å²) in [5.41, 5.74) is 3.32. The third-order valence-corrected chi connectivity index (χ3v) is 6.08. The number of fused-ring (bicyclic) bond motifs is 1. The first kappa shape index (κ1) is 20.3. The van der Waals surface area contributed by atoms with Crippen molar-refractivity contribution < 1.29 is 4.74 Å². The van der Waals surface area contributed by atoms with Crippen LogP contribution in [0.1, 0.15) is 11.1 Å². The minimum absolute atomic E-state index is 0.501. The topological polar surface area (TPSA) is 21.3 Å². The first-order valence-corrected chi connectivity index (χ1v) is 11.1. The van der Waals surface area contributed by atoms with Crippen LogP contribution in [0.5, 0.6) is 5.75 Å². The quantitative estimate of drug-likeness (QED) is 0.271. The maximum atomic E-state index is 6.16. The molecule has 146 valence electrons. The summed E-state index contributed by atoms with van der Waals surface area (Å²) >= 11 is 13.3. The molecule has 0 saturated heterocycles. The molecule has 4 aromatic rings. The lowest BCUT2D eigenvalue weighted by Gasteiger charge is -2.14. The highest BCUT2D eigenvalue weighted by Crippen LogP contribution is 2.36. The molecule has 0 fully saturated rings. The Morgan fingerprint density at radius 2 is 1.52 bits per heavy atom. The number of anilines is 1. The van der Waals surface area contributed by atoms with Crippen molar-refractivity contribution in [1.82, 2.24) is 0 Å². The van der Waals surface area contributed by atoms with Gasteiger partial charge in [0.05, 0.1) is 8.95 Å². The van der Waals surface area contributed by atoms with Crippen molar-refractivity contribution in [3.05, 3.63) is 104 Å². The fraction of sp³-hybridized carbons (Fsp3) is 0.0833. The third kappa shape index (κ3) is 4.95. The molecule has 0 unspecified atom stereocenters. The molecule has 0 aliphatic heterocycles. The molecule has 0 radical (unpaired) electrons. The first-order chi connectivity index (χ1) is 14.1. The summed E-state index contributed by atoms with van der Waals surface area (Å²) in [7, 11) is 0. The zero-order valence-corrected chi connectivity index (χ0v) is 19.4. The Bertz CT molecular complexity index is 1120. The van der Waals surface area contributed by atoms with Gasteiger partial charge in [-0.05, 0) is 90.2 Å². The van der Waals surface area contributed by atoms with Crippen molar-refractivity contribution in [2.24, 2.45) is 0 Å². The van der Waals surface area contributed by atoms with Gasteiger partial charge in [0, 0.05) is 17.3 Å². The van der Waals surface area contributed by atoms with Crippen LogP contribution in [0.25, 0.3) is 10.8 Å². The highest BCUT2D eigenvalue weighted by Gasteiger charge is 2.11. The van der Waals surface area contributed by atoms with Crippen molar-refractivity contribution in [2.75, 3.05) is 5.32 Å². The van der Waals surface area contributed by atoms with Crippen LogP contribution in [0.4, 0.5) is 5.69 Å². The molecule has 0 atom stereocenters. The molecule has 0 aromatic heterocycles. The number of ether oxygens (including phenoxy) is 1. The molecular formula is C24H18Br2ClNO. The predicted octanol–water partition coefficient (Wildman–Crippen LogP) is 8.21. The molecule has 4 rings (SSSR count). The molecule has 0 bridgehead atoms. The molecule has 4 aromatic carbocycles. The van der Waals surface area contributed by atoms with Crippen LogP contribution in [0.3, 0.4) is 0 Å². The normalized spacial score (nSPS) is 10.9. The van der Waals surface area contributed by atoms with Gasteiger partial charge in [-0.15, -0.1) is 0 Å². The van der Waals surface area contributed by atoms with Gasteiger partial charge in [-0.1, -0.05) is 54.1 Å². The van der Waals surface area contributed by atoms with Crippen LogP contribution >= 0.6 is 43.5 Å². The molecule has 0 spiro atoms. The van der Waals surface area contributed by atoms with Gasteiger partial charge in [-0.2, -0.15) is 0 Å². The second-order valence-electron chi connectivity index (χ2n) is 6.68. The number of hydrogen-bond acceptors (Lipinski definition) is 2. The molecule has 5 heteroatoms. The zero-order valence-electron chi connectivity index (χ0n) is 15.5. The lowest BCUT2D eigenvalue weighted by molar-refractivity contribution is 0.303. The van der Waals surface area contributed by atoms with Crippen molar-refractivity contribution >= 4 is 59.9 Å². The molecule has 1 N–H and O–H groups in total. The second-order valence-corrected chi connectivity index (χ2v) is 8.82. The summed E-state index contributed by atoms with van der Waals surface area (Å²) in [5, 5.41) is 6.56. The number of benzene rings is 4. The van der Waals surface area contributed by atoms with Gasteiger partial charge in [0.15, 0.2) is 0 Å². The van der Waals surface area contributed by atoms with Crippen LogP contribution < -0.4 is 10.1 Å². The molecule has 0 amide bonds. The summed E-state index contributed by atoms with van der Waals surface area (Å²) in [5.74, 6) is 0.799. The molecule has 0 aliphatic carbocycles. The van der Waals surface area contributed by atoms with Crippen molar-refractivity contribution in [1.29, 1.82) is 0 Å². The lowest BCUT2D eigenvalue weighted by atomic mass is 10.1. The largest absolute Gasteiger partial charge is 0.487 e. The molecule has 0 heterocycles. The van der Waals surface area contributed by atoms with Gasteiger partial charge in [0.25, 0.3) is 0 Å². The molecule has 0 saturated carbocycles. The van der Waals surface area contributed by atoms with E-state index >= 15 is 0 Å². The fourth-order valence-corrected chi connectivity index (χ4v) is 4.83. The van der Waals surface area contributed by atoms with Crippen molar-refractivity contribution in [2.45, 2.75) is 13.2 Å².